The number of hydrazine groups is 1. The second-order valence-corrected chi connectivity index (χ2v) is 3.79. The molecule has 1 aromatic carbocycles. The number of benzene rings is 1. The van der Waals surface area contributed by atoms with Gasteiger partial charge in [0.1, 0.15) is 11.8 Å². The van der Waals surface area contributed by atoms with Gasteiger partial charge in [-0.15, -0.1) is 0 Å². The Morgan fingerprint density at radius 3 is 2.83 bits per heavy atom. The molecule has 0 atom stereocenters. The molecule has 0 unspecified atom stereocenters. The number of anilines is 1. The molecule has 0 amide bonds. The van der Waals surface area contributed by atoms with Crippen molar-refractivity contribution in [1.29, 1.82) is 0 Å². The van der Waals surface area contributed by atoms with Crippen LogP contribution in [0.4, 0.5) is 5.82 Å². The summed E-state index contributed by atoms with van der Waals surface area (Å²) < 4.78 is 0. The van der Waals surface area contributed by atoms with E-state index in [9.17, 15) is 0 Å². The lowest BCUT2D eigenvalue weighted by molar-refractivity contribution is 0.795. The van der Waals surface area contributed by atoms with Gasteiger partial charge in [0.2, 0.25) is 0 Å². The first-order valence-electron chi connectivity index (χ1n) is 5.60. The summed E-state index contributed by atoms with van der Waals surface area (Å²) in [5.74, 6) is 0.688. The number of aromatic amines is 1. The topological polar surface area (TPSA) is 78.5 Å². The fourth-order valence-corrected chi connectivity index (χ4v) is 1.69. The molecule has 0 spiro atoms. The highest BCUT2D eigenvalue weighted by molar-refractivity contribution is 5.81. The largest absolute Gasteiger partial charge is 0.340 e. The molecule has 90 valence electrons. The first kappa shape index (κ1) is 10.7. The van der Waals surface area contributed by atoms with Gasteiger partial charge in [0.05, 0.1) is 6.33 Å². The molecule has 6 heteroatoms. The van der Waals surface area contributed by atoms with Gasteiger partial charge in [0.25, 0.3) is 0 Å². The Balaban J connectivity index is 1.68. The van der Waals surface area contributed by atoms with Crippen molar-refractivity contribution in [2.75, 3.05) is 5.43 Å². The monoisotopic (exact) mass is 240 g/mol. The van der Waals surface area contributed by atoms with Crippen LogP contribution < -0.4 is 10.9 Å². The first-order valence-corrected chi connectivity index (χ1v) is 5.60. The van der Waals surface area contributed by atoms with Crippen LogP contribution in [0.25, 0.3) is 11.2 Å². The number of rotatable bonds is 4. The van der Waals surface area contributed by atoms with Gasteiger partial charge in [-0.2, -0.15) is 0 Å². The summed E-state index contributed by atoms with van der Waals surface area (Å²) in [4.78, 5) is 15.3. The van der Waals surface area contributed by atoms with Crippen LogP contribution in [0.5, 0.6) is 0 Å². The van der Waals surface area contributed by atoms with Gasteiger partial charge in [-0.1, -0.05) is 30.3 Å². The predicted molar refractivity (Wildman–Crippen MR) is 68.6 cm³/mol. The molecule has 0 aliphatic carbocycles. The molecule has 3 N–H and O–H groups in total. The lowest BCUT2D eigenvalue weighted by atomic mass is 10.2. The van der Waals surface area contributed by atoms with Gasteiger partial charge in [0.15, 0.2) is 11.5 Å². The summed E-state index contributed by atoms with van der Waals surface area (Å²) >= 11 is 0. The normalized spacial score (nSPS) is 10.7. The Bertz CT molecular complexity index is 633. The van der Waals surface area contributed by atoms with Crippen molar-refractivity contribution in [3.05, 3.63) is 48.5 Å². The fourth-order valence-electron chi connectivity index (χ4n) is 1.69. The molecule has 2 heterocycles. The van der Waals surface area contributed by atoms with Crippen molar-refractivity contribution in [3.8, 4) is 0 Å². The minimum absolute atomic E-state index is 0.647. The van der Waals surface area contributed by atoms with E-state index >= 15 is 0 Å². The zero-order chi connectivity index (χ0) is 12.2. The molecule has 3 aromatic rings. The lowest BCUT2D eigenvalue weighted by Crippen LogP contribution is -2.21. The van der Waals surface area contributed by atoms with Gasteiger partial charge in [-0.25, -0.2) is 20.4 Å². The summed E-state index contributed by atoms with van der Waals surface area (Å²) in [7, 11) is 0. The lowest BCUT2D eigenvalue weighted by Gasteiger charge is -2.07. The fraction of sp³-hybridized carbons (Fsp3) is 0.0833. The van der Waals surface area contributed by atoms with Gasteiger partial charge >= 0.3 is 0 Å². The van der Waals surface area contributed by atoms with E-state index in [-0.39, 0.29) is 0 Å². The molecule has 0 saturated heterocycles. The van der Waals surface area contributed by atoms with Gasteiger partial charge in [0, 0.05) is 6.54 Å². The SMILES string of the molecule is c1ccc(CNNc2ncnc3nc[nH]c23)cc1. The molecular formula is C12H12N6. The van der Waals surface area contributed by atoms with E-state index in [4.69, 9.17) is 0 Å². The Hall–Kier alpha value is -2.47. The Labute approximate surface area is 103 Å². The molecule has 6 nitrogen and oxygen atoms in total. The van der Waals surface area contributed by atoms with Crippen molar-refractivity contribution >= 4 is 17.0 Å². The molecule has 0 aliphatic rings. The number of fused-ring (bicyclic) bond motifs is 1. The summed E-state index contributed by atoms with van der Waals surface area (Å²) in [6.45, 7) is 0.709. The second-order valence-electron chi connectivity index (χ2n) is 3.79. The van der Waals surface area contributed by atoms with Gasteiger partial charge in [-0.05, 0) is 5.56 Å². The number of H-pyrrole nitrogens is 1. The third kappa shape index (κ3) is 2.14. The molecule has 0 bridgehead atoms. The van der Waals surface area contributed by atoms with Crippen LogP contribution in [0.3, 0.4) is 0 Å². The summed E-state index contributed by atoms with van der Waals surface area (Å²) in [6.07, 6.45) is 3.08. The van der Waals surface area contributed by atoms with Gasteiger partial charge in [-0.3, -0.25) is 0 Å². The van der Waals surface area contributed by atoms with Crippen molar-refractivity contribution in [2.45, 2.75) is 6.54 Å². The zero-order valence-corrected chi connectivity index (χ0v) is 9.59. The first-order chi connectivity index (χ1) is 8.93. The minimum Gasteiger partial charge on any atom is -0.340 e. The minimum atomic E-state index is 0.647. The van der Waals surface area contributed by atoms with Crippen LogP contribution in [0.2, 0.25) is 0 Å². The van der Waals surface area contributed by atoms with Crippen molar-refractivity contribution in [1.82, 2.24) is 25.4 Å². The number of hydrogen-bond donors (Lipinski definition) is 3. The Morgan fingerprint density at radius 1 is 1.06 bits per heavy atom. The van der Waals surface area contributed by atoms with E-state index in [2.05, 4.69) is 42.9 Å². The molecular weight excluding hydrogens is 228 g/mol. The molecule has 0 fully saturated rings. The van der Waals surface area contributed by atoms with E-state index in [0.717, 1.165) is 5.52 Å². The van der Waals surface area contributed by atoms with Crippen LogP contribution in [0, 0.1) is 0 Å². The highest BCUT2D eigenvalue weighted by Crippen LogP contribution is 2.13. The van der Waals surface area contributed by atoms with Crippen LogP contribution in [0.15, 0.2) is 43.0 Å². The molecule has 0 saturated carbocycles. The third-order valence-corrected chi connectivity index (χ3v) is 2.57. The Morgan fingerprint density at radius 2 is 1.94 bits per heavy atom. The predicted octanol–water partition coefficient (Wildman–Crippen LogP) is 1.47. The third-order valence-electron chi connectivity index (χ3n) is 2.57. The average molecular weight is 240 g/mol. The maximum atomic E-state index is 4.15. The standard InChI is InChI=1S/C12H12N6/c1-2-4-9(5-3-1)6-17-18-12-10-11(14-7-13-10)15-8-16-12/h1-5,7-8,17H,6H2,(H2,13,14,15,16,18). The van der Waals surface area contributed by atoms with E-state index in [1.54, 1.807) is 6.33 Å². The maximum Gasteiger partial charge on any atom is 0.182 e. The number of imidazole rings is 1. The number of aromatic nitrogens is 4. The van der Waals surface area contributed by atoms with Crippen LogP contribution in [-0.4, -0.2) is 19.9 Å². The van der Waals surface area contributed by atoms with E-state index < -0.39 is 0 Å². The van der Waals surface area contributed by atoms with Crippen molar-refractivity contribution in [2.24, 2.45) is 0 Å². The zero-order valence-electron chi connectivity index (χ0n) is 9.59. The molecule has 0 radical (unpaired) electrons. The summed E-state index contributed by atoms with van der Waals surface area (Å²) in [5.41, 5.74) is 8.79. The smallest absolute Gasteiger partial charge is 0.182 e. The van der Waals surface area contributed by atoms with Crippen LogP contribution >= 0.6 is 0 Å². The second kappa shape index (κ2) is 4.80. The summed E-state index contributed by atoms with van der Waals surface area (Å²) in [6, 6.07) is 10.1. The maximum absolute atomic E-state index is 4.15. The Kier molecular flexibility index (Phi) is 2.85. The molecule has 3 rings (SSSR count). The number of nitrogens with zero attached hydrogens (tertiary/aromatic N) is 3. The molecule has 0 aliphatic heterocycles. The van der Waals surface area contributed by atoms with Gasteiger partial charge < -0.3 is 10.4 Å². The molecule has 2 aromatic heterocycles. The van der Waals surface area contributed by atoms with E-state index in [1.165, 1.54) is 11.9 Å². The number of hydrogen-bond acceptors (Lipinski definition) is 5. The van der Waals surface area contributed by atoms with E-state index in [1.807, 2.05) is 18.2 Å². The van der Waals surface area contributed by atoms with Crippen LogP contribution in [-0.2, 0) is 6.54 Å². The van der Waals surface area contributed by atoms with Crippen molar-refractivity contribution in [3.63, 3.8) is 0 Å². The highest BCUT2D eigenvalue weighted by Gasteiger charge is 2.04. The van der Waals surface area contributed by atoms with Crippen LogP contribution in [0.1, 0.15) is 5.56 Å². The van der Waals surface area contributed by atoms with Crippen molar-refractivity contribution < 1.29 is 0 Å². The van der Waals surface area contributed by atoms with E-state index in [0.29, 0.717) is 18.0 Å². The average Bonchev–Trinajstić information content (AvgIpc) is 2.89. The highest BCUT2D eigenvalue weighted by atomic mass is 15.4. The number of nitrogens with one attached hydrogen (secondary N) is 3. The molecule has 18 heavy (non-hydrogen) atoms. The summed E-state index contributed by atoms with van der Waals surface area (Å²) in [5, 5.41) is 0. The quantitative estimate of drug-likeness (QED) is 0.602.